The Labute approximate surface area is 282 Å². The fourth-order valence-electron chi connectivity index (χ4n) is 5.90. The summed E-state index contributed by atoms with van der Waals surface area (Å²) in [5, 5.41) is 17.7. The molecule has 0 saturated heterocycles. The van der Waals surface area contributed by atoms with Gasteiger partial charge in [-0.25, -0.2) is 0 Å². The van der Waals surface area contributed by atoms with Crippen molar-refractivity contribution in [2.24, 2.45) is 17.8 Å². The molecule has 2 fully saturated rings. The number of thiol groups is 1. The van der Waals surface area contributed by atoms with Crippen molar-refractivity contribution < 1.29 is 24.0 Å². The Morgan fingerprint density at radius 2 is 1.85 bits per heavy atom. The molecule has 2 aliphatic rings. The van der Waals surface area contributed by atoms with Gasteiger partial charge in [0.2, 0.25) is 18.1 Å². The lowest BCUT2D eigenvalue weighted by atomic mass is 9.65. The molecule has 0 spiro atoms. The first-order valence-electron chi connectivity index (χ1n) is 15.6. The summed E-state index contributed by atoms with van der Waals surface area (Å²) in [6, 6.07) is 4.71. The van der Waals surface area contributed by atoms with Crippen molar-refractivity contribution in [2.75, 3.05) is 18.6 Å². The molecule has 0 aliphatic heterocycles. The van der Waals surface area contributed by atoms with Crippen LogP contribution >= 0.6 is 12.6 Å². The predicted octanol–water partition coefficient (Wildman–Crippen LogP) is 2.79. The van der Waals surface area contributed by atoms with Crippen LogP contribution in [0, 0.1) is 17.8 Å². The molecule has 14 heteroatoms. The number of Topliss-reactive ketones (excluding diaryl/α,β-unsaturated/α-hetero) is 1. The van der Waals surface area contributed by atoms with E-state index >= 15 is 0 Å². The van der Waals surface area contributed by atoms with Crippen molar-refractivity contribution in [1.82, 2.24) is 30.7 Å². The number of anilines is 1. The van der Waals surface area contributed by atoms with Crippen LogP contribution in [0.15, 0.2) is 54.7 Å². The van der Waals surface area contributed by atoms with Crippen molar-refractivity contribution in [1.29, 1.82) is 0 Å². The molecule has 0 radical (unpaired) electrons. The number of pyridine rings is 1. The van der Waals surface area contributed by atoms with E-state index in [1.807, 2.05) is 0 Å². The van der Waals surface area contributed by atoms with Gasteiger partial charge >= 0.3 is 0 Å². The summed E-state index contributed by atoms with van der Waals surface area (Å²) in [6.07, 6.45) is 13.2. The Hall–Kier alpha value is -4.33. The molecule has 4 rings (SSSR count). The second kappa shape index (κ2) is 22.2. The molecule has 2 aliphatic carbocycles. The number of nitrogens with zero attached hydrogens (tertiary/aromatic N) is 3. The molecule has 5 unspecified atom stereocenters. The maximum absolute atomic E-state index is 12.4. The van der Waals surface area contributed by atoms with Crippen LogP contribution in [0.3, 0.4) is 0 Å². The monoisotopic (exact) mass is 671 g/mol. The zero-order valence-corrected chi connectivity index (χ0v) is 28.6. The summed E-state index contributed by atoms with van der Waals surface area (Å²) >= 11 is 3.53. The van der Waals surface area contributed by atoms with Gasteiger partial charge in [0.15, 0.2) is 0 Å². The van der Waals surface area contributed by atoms with Gasteiger partial charge in [-0.3, -0.25) is 28.8 Å². The highest BCUT2D eigenvalue weighted by atomic mass is 32.1. The Morgan fingerprint density at radius 3 is 2.49 bits per heavy atom. The highest BCUT2D eigenvalue weighted by Crippen LogP contribution is 2.42. The van der Waals surface area contributed by atoms with Crippen LogP contribution in [0.1, 0.15) is 69.2 Å². The van der Waals surface area contributed by atoms with Crippen LogP contribution < -0.4 is 26.8 Å². The minimum absolute atomic E-state index is 0.0213. The highest BCUT2D eigenvalue weighted by Gasteiger charge is 2.38. The van der Waals surface area contributed by atoms with Crippen molar-refractivity contribution in [3.63, 3.8) is 0 Å². The molecule has 2 aromatic heterocycles. The van der Waals surface area contributed by atoms with E-state index in [0.717, 1.165) is 5.92 Å². The summed E-state index contributed by atoms with van der Waals surface area (Å²) in [5.74, 6) is 0.344. The number of carbonyl (C=O) groups is 5. The van der Waals surface area contributed by atoms with Gasteiger partial charge in [-0.1, -0.05) is 19.8 Å². The van der Waals surface area contributed by atoms with Crippen molar-refractivity contribution >= 4 is 48.2 Å². The van der Waals surface area contributed by atoms with Gasteiger partial charge in [0.1, 0.15) is 12.2 Å². The first-order valence-corrected chi connectivity index (χ1v) is 16.5. The van der Waals surface area contributed by atoms with Gasteiger partial charge in [-0.15, -0.1) is 13.2 Å². The normalized spacial score (nSPS) is 19.6. The van der Waals surface area contributed by atoms with Gasteiger partial charge in [0, 0.05) is 31.7 Å². The van der Waals surface area contributed by atoms with E-state index in [4.69, 9.17) is 0 Å². The molecule has 2 saturated carbocycles. The molecule has 0 aromatic carbocycles. The molecule has 13 nitrogen and oxygen atoms in total. The number of hydrogen-bond acceptors (Lipinski definition) is 9. The van der Waals surface area contributed by atoms with E-state index in [9.17, 15) is 28.8 Å². The molecule has 2 heterocycles. The third kappa shape index (κ3) is 13.5. The van der Waals surface area contributed by atoms with E-state index in [1.54, 1.807) is 31.5 Å². The van der Waals surface area contributed by atoms with Crippen LogP contribution in [0.4, 0.5) is 5.69 Å². The van der Waals surface area contributed by atoms with Crippen LogP contribution in [-0.2, 0) is 25.7 Å². The number of likely N-dealkylation sites (N-methyl/N-ethyl adjacent to an activating group) is 1. The molecular weight excluding hydrogens is 622 g/mol. The molecule has 4 N–H and O–H groups in total. The predicted molar refractivity (Wildman–Crippen MR) is 185 cm³/mol. The van der Waals surface area contributed by atoms with Crippen LogP contribution in [0.5, 0.6) is 0 Å². The zero-order valence-electron chi connectivity index (χ0n) is 27.7. The maximum atomic E-state index is 12.4. The van der Waals surface area contributed by atoms with E-state index in [0.29, 0.717) is 30.2 Å². The van der Waals surface area contributed by atoms with Crippen molar-refractivity contribution in [3.05, 3.63) is 65.9 Å². The summed E-state index contributed by atoms with van der Waals surface area (Å²) in [5.41, 5.74) is 0.218. The number of aromatic nitrogens is 3. The molecule has 47 heavy (non-hydrogen) atoms. The fraction of sp³-hybridized carbons (Fsp3) is 0.515. The largest absolute Gasteiger partial charge is 0.353 e. The number of amides is 4. The first kappa shape index (κ1) is 40.7. The second-order valence-electron chi connectivity index (χ2n) is 11.3. The average molecular weight is 672 g/mol. The van der Waals surface area contributed by atoms with E-state index in [1.165, 1.54) is 62.2 Å². The number of carbonyl (C=O) groups excluding carboxylic acids is 5. The number of ketones is 1. The molecule has 2 bridgehead atoms. The average Bonchev–Trinajstić information content (AvgIpc) is 3.09. The van der Waals surface area contributed by atoms with Gasteiger partial charge < -0.3 is 25.8 Å². The molecule has 258 valence electrons. The minimum Gasteiger partial charge on any atom is -0.353 e. The Bertz CT molecular complexity index is 1350. The number of rotatable bonds is 11. The minimum atomic E-state index is -0.614. The van der Waals surface area contributed by atoms with Gasteiger partial charge in [0.25, 0.3) is 17.4 Å². The third-order valence-corrected chi connectivity index (χ3v) is 8.03. The SMILES string of the molecule is C=C.CC1CC2CCCC(C2)C1NC(=O)Cn1cccc(NC=O)c1=O.CNC(=O)C(=O)CCC(C)NC(=O)c1ccnnc1.CS. The second-order valence-corrected chi connectivity index (χ2v) is 11.3. The number of hydrogen-bond donors (Lipinski definition) is 5. The zero-order chi connectivity index (χ0) is 35.4. The lowest BCUT2D eigenvalue weighted by Crippen LogP contribution is -2.50. The summed E-state index contributed by atoms with van der Waals surface area (Å²) in [6.45, 7) is 9.96. The van der Waals surface area contributed by atoms with Gasteiger partial charge in [-0.05, 0) is 74.8 Å². The van der Waals surface area contributed by atoms with Crippen LogP contribution in [0.2, 0.25) is 0 Å². The topological polar surface area (TPSA) is 181 Å². The lowest BCUT2D eigenvalue weighted by Gasteiger charge is -2.44. The highest BCUT2D eigenvalue weighted by molar-refractivity contribution is 7.79. The van der Waals surface area contributed by atoms with Crippen LogP contribution in [0.25, 0.3) is 0 Å². The van der Waals surface area contributed by atoms with Crippen molar-refractivity contribution in [3.8, 4) is 0 Å². The summed E-state index contributed by atoms with van der Waals surface area (Å²) in [7, 11) is 1.40. The van der Waals surface area contributed by atoms with Gasteiger partial charge in [0.05, 0.1) is 18.0 Å². The van der Waals surface area contributed by atoms with E-state index < -0.39 is 11.7 Å². The molecular formula is C33H49N7O6S. The molecule has 4 amide bonds. The number of nitrogens with one attached hydrogen (secondary N) is 4. The lowest BCUT2D eigenvalue weighted by molar-refractivity contribution is -0.137. The molecule has 5 atom stereocenters. The Morgan fingerprint density at radius 1 is 1.13 bits per heavy atom. The summed E-state index contributed by atoms with van der Waals surface area (Å²) < 4.78 is 1.33. The standard InChI is InChI=1S/C18H25N3O3.C12H16N4O3.C2H4.CH4S/c1-12-8-13-4-2-5-14(9-13)17(12)20-16(23)10-21-7-3-6-15(18(21)24)19-11-22;1-8(3-4-10(17)12(19)13-2)16-11(18)9-5-6-14-15-7-9;2*1-2/h3,6-7,11-14,17H,2,4-5,8-10H2,1H3,(H,19,22)(H,20,23);5-8H,3-4H2,1-2H3,(H,13,19)(H,16,18);1-2H2;2H,1H3. The third-order valence-electron chi connectivity index (χ3n) is 8.03. The van der Waals surface area contributed by atoms with Gasteiger partial charge in [-0.2, -0.15) is 22.8 Å². The molecule has 2 aromatic rings. The van der Waals surface area contributed by atoms with E-state index in [2.05, 4.69) is 64.2 Å². The smallest absolute Gasteiger partial charge is 0.287 e. The Balaban J connectivity index is 0.000000436. The Kier molecular flexibility index (Phi) is 19.3. The van der Waals surface area contributed by atoms with E-state index in [-0.39, 0.29) is 48.1 Å². The number of fused-ring (bicyclic) bond motifs is 2. The quantitative estimate of drug-likeness (QED) is 0.105. The van der Waals surface area contributed by atoms with Crippen molar-refractivity contribution in [2.45, 2.75) is 77.4 Å². The first-order chi connectivity index (χ1) is 22.6. The van der Waals surface area contributed by atoms with Crippen LogP contribution in [-0.4, -0.2) is 70.1 Å². The summed E-state index contributed by atoms with van der Waals surface area (Å²) in [4.78, 5) is 69.2. The fourth-order valence-corrected chi connectivity index (χ4v) is 5.90. The maximum Gasteiger partial charge on any atom is 0.287 e.